The maximum atomic E-state index is 12.9. The van der Waals surface area contributed by atoms with Gasteiger partial charge in [0.2, 0.25) is 11.8 Å². The molecule has 4 rings (SSSR count). The Bertz CT molecular complexity index is 896. The van der Waals surface area contributed by atoms with Gasteiger partial charge in [-0.05, 0) is 44.5 Å². The summed E-state index contributed by atoms with van der Waals surface area (Å²) >= 11 is 3.47. The smallest absolute Gasteiger partial charge is 0.240 e. The van der Waals surface area contributed by atoms with E-state index in [9.17, 15) is 9.59 Å². The average molecular weight is 389 g/mol. The maximum absolute atomic E-state index is 12.9. The van der Waals surface area contributed by atoms with Gasteiger partial charge in [-0.15, -0.1) is 0 Å². The molecule has 0 saturated heterocycles. The Labute approximate surface area is 147 Å². The number of benzene rings is 1. The van der Waals surface area contributed by atoms with Crippen LogP contribution >= 0.6 is 15.9 Å². The predicted octanol–water partition coefficient (Wildman–Crippen LogP) is 2.98. The summed E-state index contributed by atoms with van der Waals surface area (Å²) in [4.78, 5) is 25.4. The highest BCUT2D eigenvalue weighted by Crippen LogP contribution is 2.50. The Morgan fingerprint density at radius 1 is 1.21 bits per heavy atom. The number of carbonyl (C=O) groups excluding carboxylic acids is 2. The van der Waals surface area contributed by atoms with E-state index >= 15 is 0 Å². The Balaban J connectivity index is 2.03. The van der Waals surface area contributed by atoms with Crippen molar-refractivity contribution in [2.45, 2.75) is 38.1 Å². The van der Waals surface area contributed by atoms with Crippen molar-refractivity contribution in [3.05, 3.63) is 40.0 Å². The standard InChI is InChI=1S/C17H17BrN4O2/c1-16(2,3)22-14-11(8-19-22)17(7-13(23)21-14)10-6-9(18)4-5-12(10)20-15(17)24/h4-6,8H,7H2,1-3H3,(H,20,24)(H,21,23)/t17-/m0/s1. The lowest BCUT2D eigenvalue weighted by Gasteiger charge is -2.33. The summed E-state index contributed by atoms with van der Waals surface area (Å²) in [5.41, 5.74) is 0.958. The van der Waals surface area contributed by atoms with Crippen molar-refractivity contribution in [1.82, 2.24) is 9.78 Å². The van der Waals surface area contributed by atoms with E-state index in [4.69, 9.17) is 0 Å². The van der Waals surface area contributed by atoms with Gasteiger partial charge >= 0.3 is 0 Å². The maximum Gasteiger partial charge on any atom is 0.240 e. The van der Waals surface area contributed by atoms with Crippen LogP contribution in [0.1, 0.15) is 38.3 Å². The van der Waals surface area contributed by atoms with Crippen LogP contribution in [0, 0.1) is 0 Å². The zero-order valence-corrected chi connectivity index (χ0v) is 15.2. The minimum absolute atomic E-state index is 0.0745. The largest absolute Gasteiger partial charge is 0.325 e. The lowest BCUT2D eigenvalue weighted by atomic mass is 9.72. The molecule has 2 aliphatic heterocycles. The number of nitrogens with one attached hydrogen (secondary N) is 2. The number of anilines is 2. The van der Waals surface area contributed by atoms with Gasteiger partial charge in [0, 0.05) is 22.1 Å². The van der Waals surface area contributed by atoms with E-state index in [0.717, 1.165) is 21.3 Å². The molecule has 1 spiro atoms. The minimum atomic E-state index is -1.03. The molecule has 2 amide bonds. The number of aromatic nitrogens is 2. The molecule has 0 aliphatic carbocycles. The fraction of sp³-hybridized carbons (Fsp3) is 0.353. The number of hydrogen-bond acceptors (Lipinski definition) is 3. The topological polar surface area (TPSA) is 76.0 Å². The molecule has 1 aromatic heterocycles. The molecule has 24 heavy (non-hydrogen) atoms. The zero-order valence-electron chi connectivity index (χ0n) is 13.6. The summed E-state index contributed by atoms with van der Waals surface area (Å²) in [6.45, 7) is 6.02. The van der Waals surface area contributed by atoms with E-state index in [-0.39, 0.29) is 23.8 Å². The van der Waals surface area contributed by atoms with Crippen LogP contribution < -0.4 is 10.6 Å². The van der Waals surface area contributed by atoms with Crippen molar-refractivity contribution in [1.29, 1.82) is 0 Å². The second-order valence-electron chi connectivity index (χ2n) is 7.26. The van der Waals surface area contributed by atoms with Gasteiger partial charge in [0.15, 0.2) is 0 Å². The molecule has 0 saturated carbocycles. The third kappa shape index (κ3) is 1.90. The summed E-state index contributed by atoms with van der Waals surface area (Å²) in [5, 5.41) is 10.3. The predicted molar refractivity (Wildman–Crippen MR) is 94.0 cm³/mol. The van der Waals surface area contributed by atoms with Gasteiger partial charge < -0.3 is 10.6 Å². The molecule has 0 radical (unpaired) electrons. The summed E-state index contributed by atoms with van der Waals surface area (Å²) in [7, 11) is 0. The van der Waals surface area contributed by atoms with Gasteiger partial charge in [0.25, 0.3) is 0 Å². The van der Waals surface area contributed by atoms with E-state index in [0.29, 0.717) is 5.82 Å². The highest BCUT2D eigenvalue weighted by Gasteiger charge is 2.54. The number of rotatable bonds is 0. The third-order valence-electron chi connectivity index (χ3n) is 4.63. The number of hydrogen-bond donors (Lipinski definition) is 2. The monoisotopic (exact) mass is 388 g/mol. The molecule has 1 aromatic carbocycles. The SMILES string of the molecule is CC(C)(C)n1ncc2c1NC(=O)C[C@@]21C(=O)Nc2ccc(Br)cc21. The van der Waals surface area contributed by atoms with Crippen LogP contribution in [0.4, 0.5) is 11.5 Å². The molecule has 1 atom stereocenters. The van der Waals surface area contributed by atoms with Gasteiger partial charge in [-0.2, -0.15) is 5.10 Å². The van der Waals surface area contributed by atoms with Crippen molar-refractivity contribution in [2.75, 3.05) is 10.6 Å². The van der Waals surface area contributed by atoms with Gasteiger partial charge in [-0.1, -0.05) is 15.9 Å². The first-order valence-corrected chi connectivity index (χ1v) is 8.53. The molecule has 124 valence electrons. The van der Waals surface area contributed by atoms with Crippen LogP contribution in [-0.2, 0) is 20.5 Å². The number of halogens is 1. The van der Waals surface area contributed by atoms with Crippen molar-refractivity contribution in [3.8, 4) is 0 Å². The molecule has 3 heterocycles. The molecule has 2 aliphatic rings. The van der Waals surface area contributed by atoms with E-state index in [1.54, 1.807) is 10.9 Å². The Kier molecular flexibility index (Phi) is 3.01. The molecule has 6 nitrogen and oxygen atoms in total. The quantitative estimate of drug-likeness (QED) is 0.728. The van der Waals surface area contributed by atoms with E-state index in [1.807, 2.05) is 39.0 Å². The van der Waals surface area contributed by atoms with E-state index < -0.39 is 5.41 Å². The Morgan fingerprint density at radius 2 is 1.96 bits per heavy atom. The fourth-order valence-electron chi connectivity index (χ4n) is 3.57. The highest BCUT2D eigenvalue weighted by atomic mass is 79.9. The Hall–Kier alpha value is -2.15. The van der Waals surface area contributed by atoms with Crippen molar-refractivity contribution < 1.29 is 9.59 Å². The van der Waals surface area contributed by atoms with Crippen molar-refractivity contribution in [3.63, 3.8) is 0 Å². The normalized spacial score (nSPS) is 22.2. The first kappa shape index (κ1) is 15.4. The second-order valence-corrected chi connectivity index (χ2v) is 8.18. The van der Waals surface area contributed by atoms with E-state index in [1.165, 1.54) is 0 Å². The van der Waals surface area contributed by atoms with Crippen molar-refractivity contribution in [2.24, 2.45) is 0 Å². The molecule has 2 N–H and O–H groups in total. The fourth-order valence-corrected chi connectivity index (χ4v) is 3.94. The third-order valence-corrected chi connectivity index (χ3v) is 5.12. The number of fused-ring (bicyclic) bond motifs is 4. The van der Waals surface area contributed by atoms with Gasteiger partial charge in [-0.3, -0.25) is 9.59 Å². The van der Waals surface area contributed by atoms with E-state index in [2.05, 4.69) is 31.7 Å². The summed E-state index contributed by atoms with van der Waals surface area (Å²) in [6, 6.07) is 5.64. The first-order valence-electron chi connectivity index (χ1n) is 7.74. The lowest BCUT2D eigenvalue weighted by Crippen LogP contribution is -2.44. The average Bonchev–Trinajstić information content (AvgIpc) is 3.01. The highest BCUT2D eigenvalue weighted by molar-refractivity contribution is 9.10. The molecule has 0 unspecified atom stereocenters. The molecule has 2 aromatic rings. The molecule has 7 heteroatoms. The zero-order chi connectivity index (χ0) is 17.3. The molecular weight excluding hydrogens is 372 g/mol. The van der Waals surface area contributed by atoms with Crippen LogP contribution in [0.25, 0.3) is 0 Å². The summed E-state index contributed by atoms with van der Waals surface area (Å²) in [6.07, 6.45) is 1.78. The number of nitrogens with zero attached hydrogens (tertiary/aromatic N) is 2. The van der Waals surface area contributed by atoms with Crippen LogP contribution in [0.15, 0.2) is 28.9 Å². The number of carbonyl (C=O) groups is 2. The summed E-state index contributed by atoms with van der Waals surface area (Å²) in [5.74, 6) is 0.235. The van der Waals surface area contributed by atoms with Gasteiger partial charge in [0.1, 0.15) is 11.2 Å². The molecule has 0 bridgehead atoms. The van der Waals surface area contributed by atoms with Crippen LogP contribution in [0.2, 0.25) is 0 Å². The molecule has 0 fully saturated rings. The van der Waals surface area contributed by atoms with Gasteiger partial charge in [-0.25, -0.2) is 4.68 Å². The second kappa shape index (κ2) is 4.69. The molecular formula is C17H17BrN4O2. The number of amides is 2. The van der Waals surface area contributed by atoms with Crippen molar-refractivity contribution >= 4 is 39.2 Å². The van der Waals surface area contributed by atoms with Crippen LogP contribution in [-0.4, -0.2) is 21.6 Å². The Morgan fingerprint density at radius 3 is 2.67 bits per heavy atom. The van der Waals surface area contributed by atoms with Crippen LogP contribution in [0.3, 0.4) is 0 Å². The first-order chi connectivity index (χ1) is 11.2. The van der Waals surface area contributed by atoms with Crippen LogP contribution in [0.5, 0.6) is 0 Å². The van der Waals surface area contributed by atoms with Gasteiger partial charge in [0.05, 0.1) is 11.7 Å². The summed E-state index contributed by atoms with van der Waals surface area (Å²) < 4.78 is 2.64. The minimum Gasteiger partial charge on any atom is -0.325 e. The lowest BCUT2D eigenvalue weighted by molar-refractivity contribution is -0.125.